The van der Waals surface area contributed by atoms with E-state index < -0.39 is 23.1 Å². The lowest BCUT2D eigenvalue weighted by atomic mass is 9.85. The minimum atomic E-state index is -1.12. The maximum Gasteiger partial charge on any atom is 0.275 e. The van der Waals surface area contributed by atoms with Gasteiger partial charge in [-0.1, -0.05) is 17.7 Å². The largest absolute Gasteiger partial charge is 0.463 e. The van der Waals surface area contributed by atoms with E-state index in [1.165, 1.54) is 30.2 Å². The second kappa shape index (κ2) is 8.61. The summed E-state index contributed by atoms with van der Waals surface area (Å²) >= 11 is 1.39. The van der Waals surface area contributed by atoms with Crippen LogP contribution < -0.4 is 15.8 Å². The lowest BCUT2D eigenvalue weighted by molar-refractivity contribution is 0.102. The summed E-state index contributed by atoms with van der Waals surface area (Å²) in [7, 11) is 1.58. The van der Waals surface area contributed by atoms with Crippen molar-refractivity contribution < 1.29 is 23.0 Å². The first-order valence-corrected chi connectivity index (χ1v) is 10.8. The van der Waals surface area contributed by atoms with Crippen molar-refractivity contribution in [3.05, 3.63) is 47.4 Å². The summed E-state index contributed by atoms with van der Waals surface area (Å²) < 4.78 is 39.6. The molecule has 1 saturated carbocycles. The molecule has 0 radical (unpaired) electrons. The SMILES string of the molecule is C#CCOc1cnc(C(=O)Nc2cc(F)c(F)c([C@@]3(C)N=C(N)S[C@@]4(COC)CC43)c2)cn1. The fourth-order valence-electron chi connectivity index (χ4n) is 4.18. The van der Waals surface area contributed by atoms with Crippen LogP contribution >= 0.6 is 11.8 Å². The molecule has 11 heteroatoms. The second-order valence-corrected chi connectivity index (χ2v) is 9.40. The quantitative estimate of drug-likeness (QED) is 0.595. The number of nitrogens with two attached hydrogens (primary N) is 1. The molecule has 0 saturated heterocycles. The summed E-state index contributed by atoms with van der Waals surface area (Å²) in [5.74, 6) is -0.469. The Balaban J connectivity index is 1.61. The van der Waals surface area contributed by atoms with Gasteiger partial charge in [0.15, 0.2) is 23.4 Å². The topological polar surface area (TPSA) is 112 Å². The predicted molar refractivity (Wildman–Crippen MR) is 120 cm³/mol. The van der Waals surface area contributed by atoms with Gasteiger partial charge in [0.25, 0.3) is 5.91 Å². The van der Waals surface area contributed by atoms with Gasteiger partial charge in [0, 0.05) is 30.3 Å². The standard InChI is InChI=1S/C22H21F2N5O3S/c1-4-5-32-17-10-26-15(9-27-17)19(30)28-12-6-13(18(24)14(23)7-12)21(2)16-8-22(16,11-31-3)33-20(25)29-21/h1,6-7,9-10,16H,5,8,11H2,2-3H3,(H2,25,29)(H,28,30)/t16?,21-,22-/m1/s1. The van der Waals surface area contributed by atoms with Gasteiger partial charge in [0.1, 0.15) is 5.69 Å². The fourth-order valence-corrected chi connectivity index (χ4v) is 5.63. The monoisotopic (exact) mass is 473 g/mol. The number of aliphatic imine (C=N–C) groups is 1. The molecule has 1 aromatic carbocycles. The van der Waals surface area contributed by atoms with E-state index >= 15 is 0 Å². The van der Waals surface area contributed by atoms with Crippen molar-refractivity contribution in [3.8, 4) is 18.2 Å². The minimum Gasteiger partial charge on any atom is -0.463 e. The number of terminal acetylenes is 1. The van der Waals surface area contributed by atoms with E-state index in [1.807, 2.05) is 0 Å². The second-order valence-electron chi connectivity index (χ2n) is 7.96. The Morgan fingerprint density at radius 1 is 1.39 bits per heavy atom. The van der Waals surface area contributed by atoms with Crippen LogP contribution in [0.2, 0.25) is 0 Å². The van der Waals surface area contributed by atoms with Gasteiger partial charge in [-0.15, -0.1) is 6.42 Å². The van der Waals surface area contributed by atoms with Crippen LogP contribution in [0.3, 0.4) is 0 Å². The minimum absolute atomic E-state index is 0.00754. The highest BCUT2D eigenvalue weighted by Gasteiger charge is 2.66. The lowest BCUT2D eigenvalue weighted by Crippen LogP contribution is -2.38. The number of methoxy groups -OCH3 is 1. The molecule has 2 aliphatic rings. The highest BCUT2D eigenvalue weighted by molar-refractivity contribution is 8.15. The third-order valence-electron chi connectivity index (χ3n) is 5.74. The zero-order valence-electron chi connectivity index (χ0n) is 17.9. The van der Waals surface area contributed by atoms with Crippen molar-refractivity contribution >= 4 is 28.5 Å². The number of carbonyl (C=O) groups is 1. The molecule has 1 aliphatic heterocycles. The van der Waals surface area contributed by atoms with Gasteiger partial charge >= 0.3 is 0 Å². The predicted octanol–water partition coefficient (Wildman–Crippen LogP) is 2.70. The number of benzene rings is 1. The number of aromatic nitrogens is 2. The lowest BCUT2D eigenvalue weighted by Gasteiger charge is -2.34. The summed E-state index contributed by atoms with van der Waals surface area (Å²) in [6.45, 7) is 2.13. The summed E-state index contributed by atoms with van der Waals surface area (Å²) in [6.07, 6.45) is 8.23. The van der Waals surface area contributed by atoms with Crippen LogP contribution in [0, 0.1) is 29.9 Å². The summed E-state index contributed by atoms with van der Waals surface area (Å²) in [4.78, 5) is 25.0. The number of rotatable bonds is 7. The number of thioether (sulfide) groups is 1. The smallest absolute Gasteiger partial charge is 0.275 e. The number of fused-ring (bicyclic) bond motifs is 1. The molecule has 33 heavy (non-hydrogen) atoms. The van der Waals surface area contributed by atoms with Crippen molar-refractivity contribution in [3.63, 3.8) is 0 Å². The fraction of sp³-hybridized carbons (Fsp3) is 0.364. The zero-order valence-corrected chi connectivity index (χ0v) is 18.7. The van der Waals surface area contributed by atoms with E-state index in [1.54, 1.807) is 14.0 Å². The van der Waals surface area contributed by atoms with E-state index in [9.17, 15) is 13.6 Å². The average Bonchev–Trinajstić information content (AvgIpc) is 3.49. The molecule has 1 aromatic heterocycles. The number of halogens is 2. The van der Waals surface area contributed by atoms with Crippen LogP contribution in [-0.2, 0) is 10.3 Å². The Morgan fingerprint density at radius 3 is 2.85 bits per heavy atom. The first kappa shape index (κ1) is 22.9. The van der Waals surface area contributed by atoms with Gasteiger partial charge < -0.3 is 20.5 Å². The maximum atomic E-state index is 15.0. The number of hydrogen-bond acceptors (Lipinski definition) is 8. The van der Waals surface area contributed by atoms with E-state index in [0.29, 0.717) is 13.0 Å². The molecular formula is C22H21F2N5O3S. The van der Waals surface area contributed by atoms with Gasteiger partial charge in [-0.05, 0) is 19.4 Å². The molecule has 3 atom stereocenters. The maximum absolute atomic E-state index is 15.0. The number of ether oxygens (including phenoxy) is 2. The Morgan fingerprint density at radius 2 is 2.18 bits per heavy atom. The molecule has 172 valence electrons. The van der Waals surface area contributed by atoms with E-state index in [0.717, 1.165) is 6.07 Å². The zero-order chi connectivity index (χ0) is 23.8. The number of nitrogens with one attached hydrogen (secondary N) is 1. The molecule has 3 N–H and O–H groups in total. The Kier molecular flexibility index (Phi) is 5.99. The molecule has 0 bridgehead atoms. The number of carbonyl (C=O) groups excluding carboxylic acids is 1. The number of amides is 1. The number of nitrogens with zero attached hydrogens (tertiary/aromatic N) is 3. The number of hydrogen-bond donors (Lipinski definition) is 2. The summed E-state index contributed by atoms with van der Waals surface area (Å²) in [5, 5.41) is 2.81. The van der Waals surface area contributed by atoms with E-state index in [-0.39, 0.29) is 45.3 Å². The van der Waals surface area contributed by atoms with Crippen LogP contribution in [0.5, 0.6) is 5.88 Å². The van der Waals surface area contributed by atoms with Crippen molar-refractivity contribution in [2.75, 3.05) is 25.6 Å². The normalized spacial score (nSPS) is 25.4. The number of amidine groups is 1. The third kappa shape index (κ3) is 4.24. The molecule has 8 nitrogen and oxygen atoms in total. The van der Waals surface area contributed by atoms with Crippen LogP contribution in [-0.4, -0.2) is 46.1 Å². The van der Waals surface area contributed by atoms with E-state index in [2.05, 4.69) is 26.2 Å². The molecule has 1 unspecified atom stereocenters. The van der Waals surface area contributed by atoms with E-state index in [4.69, 9.17) is 21.6 Å². The van der Waals surface area contributed by atoms with Crippen LogP contribution in [0.25, 0.3) is 0 Å². The molecule has 4 rings (SSSR count). The Labute approximate surface area is 193 Å². The molecule has 1 fully saturated rings. The molecule has 1 aliphatic carbocycles. The van der Waals surface area contributed by atoms with Crippen LogP contribution in [0.1, 0.15) is 29.4 Å². The molecule has 1 amide bonds. The summed E-state index contributed by atoms with van der Waals surface area (Å²) in [5.41, 5.74) is 4.94. The van der Waals surface area contributed by atoms with Gasteiger partial charge in [-0.3, -0.25) is 9.79 Å². The van der Waals surface area contributed by atoms with Crippen molar-refractivity contribution in [1.29, 1.82) is 0 Å². The van der Waals surface area contributed by atoms with Crippen LogP contribution in [0.4, 0.5) is 14.5 Å². The Bertz CT molecular complexity index is 1170. The van der Waals surface area contributed by atoms with Gasteiger partial charge in [0.05, 0.1) is 29.3 Å². The van der Waals surface area contributed by atoms with Crippen molar-refractivity contribution in [2.45, 2.75) is 23.6 Å². The Hall–Kier alpha value is -3.23. The molecular weight excluding hydrogens is 452 g/mol. The number of anilines is 1. The highest BCUT2D eigenvalue weighted by atomic mass is 32.2. The van der Waals surface area contributed by atoms with Gasteiger partial charge in [0.2, 0.25) is 5.88 Å². The first-order chi connectivity index (χ1) is 15.7. The molecule has 2 heterocycles. The van der Waals surface area contributed by atoms with Crippen molar-refractivity contribution in [2.24, 2.45) is 16.6 Å². The molecule has 2 aromatic rings. The van der Waals surface area contributed by atoms with Crippen LogP contribution in [0.15, 0.2) is 29.5 Å². The average molecular weight is 474 g/mol. The van der Waals surface area contributed by atoms with Gasteiger partial charge in [-0.2, -0.15) is 0 Å². The van der Waals surface area contributed by atoms with Crippen molar-refractivity contribution in [1.82, 2.24) is 9.97 Å². The highest BCUT2D eigenvalue weighted by Crippen LogP contribution is 2.66. The third-order valence-corrected chi connectivity index (χ3v) is 7.01. The summed E-state index contributed by atoms with van der Waals surface area (Å²) in [6, 6.07) is 2.27. The molecule has 0 spiro atoms. The van der Waals surface area contributed by atoms with Gasteiger partial charge in [-0.25, -0.2) is 18.7 Å². The first-order valence-electron chi connectivity index (χ1n) is 9.95.